The quantitative estimate of drug-likeness (QED) is 0.829. The normalized spacial score (nSPS) is 19.2. The number of rotatable bonds is 4. The maximum Gasteiger partial charge on any atom is 0.123 e. The molecular formula is C14H16ClNO. The molecule has 0 aromatic heterocycles. The highest BCUT2D eigenvalue weighted by Crippen LogP contribution is 2.30. The first-order valence-corrected chi connectivity index (χ1v) is 6.25. The fourth-order valence-electron chi connectivity index (χ4n) is 2.00. The van der Waals surface area contributed by atoms with Gasteiger partial charge in [0.05, 0.1) is 6.04 Å². The second-order valence-corrected chi connectivity index (χ2v) is 4.67. The van der Waals surface area contributed by atoms with Crippen LogP contribution in [0.3, 0.4) is 0 Å². The molecule has 3 heteroatoms. The second kappa shape index (κ2) is 5.44. The van der Waals surface area contributed by atoms with Gasteiger partial charge in [0, 0.05) is 18.0 Å². The number of ether oxygens (including phenoxy) is 1. The van der Waals surface area contributed by atoms with Crippen molar-refractivity contribution in [3.8, 4) is 18.1 Å². The first-order chi connectivity index (χ1) is 8.22. The minimum Gasteiger partial charge on any atom is -0.488 e. The fraction of sp³-hybridized carbons (Fsp3) is 0.429. The van der Waals surface area contributed by atoms with Crippen molar-refractivity contribution >= 4 is 11.6 Å². The molecule has 0 amide bonds. The summed E-state index contributed by atoms with van der Waals surface area (Å²) in [7, 11) is 0. The number of nitrogens with one attached hydrogen (secondary N) is 1. The Labute approximate surface area is 107 Å². The van der Waals surface area contributed by atoms with Gasteiger partial charge in [0.15, 0.2) is 0 Å². The number of fused-ring (bicyclic) bond motifs is 1. The maximum atomic E-state index is 5.95. The topological polar surface area (TPSA) is 21.3 Å². The summed E-state index contributed by atoms with van der Waals surface area (Å²) in [4.78, 5) is 0. The molecule has 0 spiro atoms. The number of halogens is 1. The van der Waals surface area contributed by atoms with Crippen molar-refractivity contribution in [2.75, 3.05) is 6.54 Å². The average molecular weight is 250 g/mol. The molecule has 0 saturated carbocycles. The van der Waals surface area contributed by atoms with Crippen molar-refractivity contribution in [1.82, 2.24) is 5.32 Å². The molecule has 1 N–H and O–H groups in total. The van der Waals surface area contributed by atoms with E-state index in [1.165, 1.54) is 5.56 Å². The van der Waals surface area contributed by atoms with Crippen molar-refractivity contribution in [2.24, 2.45) is 0 Å². The van der Waals surface area contributed by atoms with Gasteiger partial charge >= 0.3 is 0 Å². The van der Waals surface area contributed by atoms with E-state index in [9.17, 15) is 0 Å². The Hall–Kier alpha value is -1.17. The molecule has 90 valence electrons. The predicted octanol–water partition coefficient (Wildman–Crippen LogP) is 2.64. The molecule has 1 aliphatic rings. The summed E-state index contributed by atoms with van der Waals surface area (Å²) in [5, 5.41) is 4.08. The lowest BCUT2D eigenvalue weighted by molar-refractivity contribution is 0.224. The van der Waals surface area contributed by atoms with E-state index in [0.717, 1.165) is 30.2 Å². The standard InChI is InChI=1S/C14H16ClNO/c1-3-12(4-2)16-9-13-8-10-7-11(15)5-6-14(10)17-13/h1,5-7,12-13,16H,4,8-9H2,2H3. The summed E-state index contributed by atoms with van der Waals surface area (Å²) in [6, 6.07) is 5.88. The first kappa shape index (κ1) is 12.3. The minimum absolute atomic E-state index is 0.130. The SMILES string of the molecule is C#CC(CC)NCC1Cc2cc(Cl)ccc2O1. The van der Waals surface area contributed by atoms with E-state index in [4.69, 9.17) is 22.8 Å². The molecule has 0 saturated heterocycles. The van der Waals surface area contributed by atoms with E-state index in [1.54, 1.807) is 0 Å². The highest BCUT2D eigenvalue weighted by Gasteiger charge is 2.23. The number of terminal acetylenes is 1. The van der Waals surface area contributed by atoms with Crippen LogP contribution in [-0.2, 0) is 6.42 Å². The third-order valence-electron chi connectivity index (χ3n) is 2.97. The van der Waals surface area contributed by atoms with E-state index in [1.807, 2.05) is 18.2 Å². The summed E-state index contributed by atoms with van der Waals surface area (Å²) >= 11 is 5.95. The summed E-state index contributed by atoms with van der Waals surface area (Å²) in [6.45, 7) is 2.84. The van der Waals surface area contributed by atoms with Crippen molar-refractivity contribution in [3.63, 3.8) is 0 Å². The summed E-state index contributed by atoms with van der Waals surface area (Å²) in [5.41, 5.74) is 1.18. The Kier molecular flexibility index (Phi) is 3.93. The minimum atomic E-state index is 0.130. The Morgan fingerprint density at radius 2 is 2.47 bits per heavy atom. The van der Waals surface area contributed by atoms with E-state index in [-0.39, 0.29) is 12.1 Å². The highest BCUT2D eigenvalue weighted by atomic mass is 35.5. The monoisotopic (exact) mass is 249 g/mol. The van der Waals surface area contributed by atoms with Crippen molar-refractivity contribution < 1.29 is 4.74 Å². The number of hydrogen-bond donors (Lipinski definition) is 1. The zero-order valence-corrected chi connectivity index (χ0v) is 10.6. The second-order valence-electron chi connectivity index (χ2n) is 4.23. The molecular weight excluding hydrogens is 234 g/mol. The van der Waals surface area contributed by atoms with Gasteiger partial charge in [0.1, 0.15) is 11.9 Å². The van der Waals surface area contributed by atoms with Gasteiger partial charge in [-0.2, -0.15) is 0 Å². The highest BCUT2D eigenvalue weighted by molar-refractivity contribution is 6.30. The van der Waals surface area contributed by atoms with Gasteiger partial charge < -0.3 is 4.74 Å². The van der Waals surface area contributed by atoms with Gasteiger partial charge in [-0.1, -0.05) is 24.4 Å². The molecule has 1 aliphatic heterocycles. The molecule has 1 aromatic rings. The van der Waals surface area contributed by atoms with Crippen LogP contribution in [0, 0.1) is 12.3 Å². The Balaban J connectivity index is 1.90. The van der Waals surface area contributed by atoms with Crippen LogP contribution in [0.15, 0.2) is 18.2 Å². The first-order valence-electron chi connectivity index (χ1n) is 5.87. The zero-order chi connectivity index (χ0) is 12.3. The summed E-state index contributed by atoms with van der Waals surface area (Å²) in [5.74, 6) is 3.66. The largest absolute Gasteiger partial charge is 0.488 e. The lowest BCUT2D eigenvalue weighted by Gasteiger charge is -2.15. The van der Waals surface area contributed by atoms with Crippen LogP contribution < -0.4 is 10.1 Å². The van der Waals surface area contributed by atoms with Gasteiger partial charge in [-0.3, -0.25) is 5.32 Å². The molecule has 1 heterocycles. The van der Waals surface area contributed by atoms with E-state index in [0.29, 0.717) is 0 Å². The van der Waals surface area contributed by atoms with Crippen LogP contribution in [0.5, 0.6) is 5.75 Å². The van der Waals surface area contributed by atoms with Gasteiger partial charge in [0.25, 0.3) is 0 Å². The van der Waals surface area contributed by atoms with Crippen LogP contribution in [0.1, 0.15) is 18.9 Å². The third-order valence-corrected chi connectivity index (χ3v) is 3.20. The van der Waals surface area contributed by atoms with Gasteiger partial charge in [-0.25, -0.2) is 0 Å². The molecule has 1 aromatic carbocycles. The van der Waals surface area contributed by atoms with Gasteiger partial charge in [-0.15, -0.1) is 6.42 Å². The van der Waals surface area contributed by atoms with Crippen molar-refractivity contribution in [3.05, 3.63) is 28.8 Å². The Morgan fingerprint density at radius 1 is 1.65 bits per heavy atom. The summed E-state index contributed by atoms with van der Waals surface area (Å²) < 4.78 is 5.81. The van der Waals surface area contributed by atoms with Crippen LogP contribution in [0.4, 0.5) is 0 Å². The lowest BCUT2D eigenvalue weighted by Crippen LogP contribution is -2.36. The van der Waals surface area contributed by atoms with E-state index < -0.39 is 0 Å². The molecule has 2 nitrogen and oxygen atoms in total. The lowest BCUT2D eigenvalue weighted by atomic mass is 10.1. The molecule has 0 fully saturated rings. The van der Waals surface area contributed by atoms with E-state index >= 15 is 0 Å². The molecule has 2 rings (SSSR count). The van der Waals surface area contributed by atoms with Crippen LogP contribution in [0.25, 0.3) is 0 Å². The van der Waals surface area contributed by atoms with E-state index in [2.05, 4.69) is 18.2 Å². The molecule has 0 bridgehead atoms. The summed E-state index contributed by atoms with van der Waals surface area (Å²) in [6.07, 6.45) is 7.38. The fourth-order valence-corrected chi connectivity index (χ4v) is 2.19. The van der Waals surface area contributed by atoms with Gasteiger partial charge in [-0.05, 0) is 30.2 Å². The van der Waals surface area contributed by atoms with Crippen LogP contribution in [-0.4, -0.2) is 18.7 Å². The van der Waals surface area contributed by atoms with Crippen LogP contribution >= 0.6 is 11.6 Å². The molecule has 0 radical (unpaired) electrons. The Bertz CT molecular complexity index is 438. The number of benzene rings is 1. The zero-order valence-electron chi connectivity index (χ0n) is 9.87. The third kappa shape index (κ3) is 2.94. The molecule has 17 heavy (non-hydrogen) atoms. The van der Waals surface area contributed by atoms with Crippen molar-refractivity contribution in [2.45, 2.75) is 31.9 Å². The Morgan fingerprint density at radius 3 is 3.18 bits per heavy atom. The smallest absolute Gasteiger partial charge is 0.123 e. The van der Waals surface area contributed by atoms with Crippen molar-refractivity contribution in [1.29, 1.82) is 0 Å². The average Bonchev–Trinajstić information content (AvgIpc) is 2.72. The molecule has 2 atom stereocenters. The van der Waals surface area contributed by atoms with Crippen LogP contribution in [0.2, 0.25) is 5.02 Å². The molecule has 0 aliphatic carbocycles. The predicted molar refractivity (Wildman–Crippen MR) is 70.5 cm³/mol. The maximum absolute atomic E-state index is 5.95. The number of hydrogen-bond acceptors (Lipinski definition) is 2. The van der Waals surface area contributed by atoms with Gasteiger partial charge in [0.2, 0.25) is 0 Å². The molecule has 2 unspecified atom stereocenters.